The van der Waals surface area contributed by atoms with Gasteiger partial charge in [-0.2, -0.15) is 0 Å². The van der Waals surface area contributed by atoms with Crippen LogP contribution in [-0.2, 0) is 0 Å². The molecule has 2 heterocycles. The number of benzene rings is 1. The fourth-order valence-electron chi connectivity index (χ4n) is 3.24. The first-order valence-corrected chi connectivity index (χ1v) is 6.53. The lowest BCUT2D eigenvalue weighted by atomic mass is 10.2. The Labute approximate surface area is 115 Å². The van der Waals surface area contributed by atoms with Crippen LogP contribution in [0.4, 0.5) is 5.69 Å². The van der Waals surface area contributed by atoms with Crippen molar-refractivity contribution in [3.05, 3.63) is 30.3 Å². The van der Waals surface area contributed by atoms with E-state index in [-0.39, 0.29) is 17.0 Å². The summed E-state index contributed by atoms with van der Waals surface area (Å²) in [7, 11) is 0. The lowest BCUT2D eigenvalue weighted by Crippen LogP contribution is -3.00. The van der Waals surface area contributed by atoms with Crippen LogP contribution in [0.5, 0.6) is 0 Å². The summed E-state index contributed by atoms with van der Waals surface area (Å²) in [5.41, 5.74) is 1.40. The maximum atomic E-state index is 2.54. The fourth-order valence-corrected chi connectivity index (χ4v) is 3.24. The van der Waals surface area contributed by atoms with Gasteiger partial charge in [0.15, 0.2) is 0 Å². The smallest absolute Gasteiger partial charge is 0.0965 e. The molecule has 0 bridgehead atoms. The van der Waals surface area contributed by atoms with Gasteiger partial charge in [0.25, 0.3) is 0 Å². The van der Waals surface area contributed by atoms with Crippen molar-refractivity contribution in [1.29, 1.82) is 0 Å². The van der Waals surface area contributed by atoms with Gasteiger partial charge in [-0.05, 0) is 12.1 Å². The summed E-state index contributed by atoms with van der Waals surface area (Å²) in [5, 5.41) is 0. The highest BCUT2D eigenvalue weighted by molar-refractivity contribution is 5.46. The summed E-state index contributed by atoms with van der Waals surface area (Å²) >= 11 is 0. The van der Waals surface area contributed by atoms with E-state index in [1.54, 1.807) is 0 Å². The van der Waals surface area contributed by atoms with Gasteiger partial charge < -0.3 is 26.4 Å². The fraction of sp³-hybridized carbons (Fsp3) is 0.571. The normalized spacial score (nSPS) is 22.5. The van der Waals surface area contributed by atoms with Gasteiger partial charge >= 0.3 is 0 Å². The predicted molar refractivity (Wildman–Crippen MR) is 67.6 cm³/mol. The molecule has 1 aromatic carbocycles. The largest absolute Gasteiger partial charge is 1.00 e. The standard InChI is InChI=1S/C14H21N2.BrH/c1-2-6-14(7-3-1)15-8-12-16(13-9-15)10-4-5-11-16;/h1-3,6-7H,4-5,8-13H2;1H/q+1;/p-1. The Morgan fingerprint density at radius 2 is 1.41 bits per heavy atom. The van der Waals surface area contributed by atoms with Gasteiger partial charge in [0.2, 0.25) is 0 Å². The van der Waals surface area contributed by atoms with E-state index in [9.17, 15) is 0 Å². The van der Waals surface area contributed by atoms with Gasteiger partial charge in [-0.15, -0.1) is 0 Å². The van der Waals surface area contributed by atoms with Crippen molar-refractivity contribution in [3.63, 3.8) is 0 Å². The Morgan fingerprint density at radius 1 is 0.824 bits per heavy atom. The van der Waals surface area contributed by atoms with Crippen molar-refractivity contribution in [1.82, 2.24) is 0 Å². The minimum atomic E-state index is 0. The number of hydrogen-bond donors (Lipinski definition) is 0. The molecular formula is C14H21BrN2. The summed E-state index contributed by atoms with van der Waals surface area (Å²) in [4.78, 5) is 2.54. The molecule has 0 N–H and O–H groups in total. The van der Waals surface area contributed by atoms with E-state index in [1.807, 2.05) is 0 Å². The summed E-state index contributed by atoms with van der Waals surface area (Å²) in [6.45, 7) is 8.06. The Balaban J connectivity index is 0.00000108. The number of para-hydroxylation sites is 1. The van der Waals surface area contributed by atoms with Gasteiger partial charge in [0, 0.05) is 18.5 Å². The number of quaternary nitrogens is 1. The van der Waals surface area contributed by atoms with E-state index in [1.165, 1.54) is 62.3 Å². The summed E-state index contributed by atoms with van der Waals surface area (Å²) in [5.74, 6) is 0. The van der Waals surface area contributed by atoms with Crippen LogP contribution >= 0.6 is 0 Å². The number of hydrogen-bond acceptors (Lipinski definition) is 1. The number of halogens is 1. The monoisotopic (exact) mass is 296 g/mol. The van der Waals surface area contributed by atoms with E-state index in [0.29, 0.717) is 0 Å². The first-order valence-electron chi connectivity index (χ1n) is 6.53. The quantitative estimate of drug-likeness (QED) is 0.609. The summed E-state index contributed by atoms with van der Waals surface area (Å²) in [6, 6.07) is 10.9. The third-order valence-electron chi connectivity index (χ3n) is 4.32. The molecule has 0 aromatic heterocycles. The highest BCUT2D eigenvalue weighted by Crippen LogP contribution is 2.24. The van der Waals surface area contributed by atoms with Crippen molar-refractivity contribution in [2.24, 2.45) is 0 Å². The molecule has 94 valence electrons. The molecule has 2 aliphatic rings. The van der Waals surface area contributed by atoms with E-state index >= 15 is 0 Å². The molecule has 2 aliphatic heterocycles. The minimum Gasteiger partial charge on any atom is -1.00 e. The van der Waals surface area contributed by atoms with E-state index in [2.05, 4.69) is 35.2 Å². The molecule has 3 heteroatoms. The van der Waals surface area contributed by atoms with Crippen LogP contribution in [0, 0.1) is 0 Å². The molecule has 0 saturated carbocycles. The average Bonchev–Trinajstić information content (AvgIpc) is 2.80. The Kier molecular flexibility index (Phi) is 4.10. The van der Waals surface area contributed by atoms with Crippen molar-refractivity contribution >= 4 is 5.69 Å². The van der Waals surface area contributed by atoms with Crippen LogP contribution in [-0.4, -0.2) is 43.8 Å². The van der Waals surface area contributed by atoms with Crippen LogP contribution in [0.3, 0.4) is 0 Å². The molecule has 1 aromatic rings. The van der Waals surface area contributed by atoms with Gasteiger partial charge in [0.05, 0.1) is 39.3 Å². The Bertz CT molecular complexity index is 336. The second kappa shape index (κ2) is 5.40. The highest BCUT2D eigenvalue weighted by Gasteiger charge is 2.35. The SMILES string of the molecule is [Br-].c1ccc(N2CC[N+]3(CCCC3)CC2)cc1. The molecular weight excluding hydrogens is 276 g/mol. The lowest BCUT2D eigenvalue weighted by molar-refractivity contribution is -0.917. The van der Waals surface area contributed by atoms with Crippen molar-refractivity contribution in [2.45, 2.75) is 12.8 Å². The summed E-state index contributed by atoms with van der Waals surface area (Å²) in [6.07, 6.45) is 2.90. The molecule has 1 spiro atoms. The molecule has 17 heavy (non-hydrogen) atoms. The number of rotatable bonds is 1. The van der Waals surface area contributed by atoms with Crippen LogP contribution in [0.1, 0.15) is 12.8 Å². The van der Waals surface area contributed by atoms with Crippen LogP contribution in [0.15, 0.2) is 30.3 Å². The number of nitrogens with zero attached hydrogens (tertiary/aromatic N) is 2. The zero-order valence-electron chi connectivity index (χ0n) is 10.3. The van der Waals surface area contributed by atoms with E-state index in [4.69, 9.17) is 0 Å². The van der Waals surface area contributed by atoms with Crippen LogP contribution < -0.4 is 21.9 Å². The zero-order chi connectivity index (χ0) is 10.8. The van der Waals surface area contributed by atoms with Gasteiger partial charge in [-0.3, -0.25) is 0 Å². The third-order valence-corrected chi connectivity index (χ3v) is 4.32. The van der Waals surface area contributed by atoms with Gasteiger partial charge in [-0.1, -0.05) is 18.2 Å². The van der Waals surface area contributed by atoms with Crippen molar-refractivity contribution < 1.29 is 21.5 Å². The third kappa shape index (κ3) is 2.66. The number of anilines is 1. The second-order valence-corrected chi connectivity index (χ2v) is 5.27. The maximum Gasteiger partial charge on any atom is 0.0965 e. The Morgan fingerprint density at radius 3 is 2.00 bits per heavy atom. The van der Waals surface area contributed by atoms with Gasteiger partial charge in [0.1, 0.15) is 0 Å². The predicted octanol–water partition coefficient (Wildman–Crippen LogP) is -0.879. The molecule has 2 nitrogen and oxygen atoms in total. The van der Waals surface area contributed by atoms with E-state index in [0.717, 1.165) is 0 Å². The van der Waals surface area contributed by atoms with Crippen molar-refractivity contribution in [3.8, 4) is 0 Å². The topological polar surface area (TPSA) is 3.24 Å². The molecule has 3 rings (SSSR count). The minimum absolute atomic E-state index is 0. The molecule has 2 fully saturated rings. The molecule has 2 saturated heterocycles. The zero-order valence-corrected chi connectivity index (χ0v) is 11.9. The molecule has 0 radical (unpaired) electrons. The first kappa shape index (κ1) is 12.9. The highest BCUT2D eigenvalue weighted by atomic mass is 79.9. The average molecular weight is 297 g/mol. The van der Waals surface area contributed by atoms with E-state index < -0.39 is 0 Å². The van der Waals surface area contributed by atoms with Gasteiger partial charge in [-0.25, -0.2) is 0 Å². The molecule has 0 unspecified atom stereocenters. The lowest BCUT2D eigenvalue weighted by Gasteiger charge is -2.42. The van der Waals surface area contributed by atoms with Crippen LogP contribution in [0.25, 0.3) is 0 Å². The van der Waals surface area contributed by atoms with Crippen LogP contribution in [0.2, 0.25) is 0 Å². The first-order chi connectivity index (χ1) is 7.88. The maximum absolute atomic E-state index is 2.54. The van der Waals surface area contributed by atoms with Crippen molar-refractivity contribution in [2.75, 3.05) is 44.2 Å². The number of piperazine rings is 1. The summed E-state index contributed by atoms with van der Waals surface area (Å²) < 4.78 is 1.41. The molecule has 0 amide bonds. The molecule has 0 atom stereocenters. The Hall–Kier alpha value is -0.540. The molecule has 0 aliphatic carbocycles. The second-order valence-electron chi connectivity index (χ2n) is 5.27.